The lowest BCUT2D eigenvalue weighted by molar-refractivity contribution is -0.0435. The van der Waals surface area contributed by atoms with Crippen molar-refractivity contribution in [1.82, 2.24) is 10.6 Å². The first kappa shape index (κ1) is 17.1. The third-order valence-corrected chi connectivity index (χ3v) is 6.40. The third kappa shape index (κ3) is 2.75. The molecule has 6 heteroatoms. The summed E-state index contributed by atoms with van der Waals surface area (Å²) >= 11 is 0. The van der Waals surface area contributed by atoms with Gasteiger partial charge in [0.05, 0.1) is 11.7 Å². The van der Waals surface area contributed by atoms with E-state index < -0.39 is 0 Å². The van der Waals surface area contributed by atoms with Crippen molar-refractivity contribution in [2.24, 2.45) is 11.3 Å². The minimum atomic E-state index is -0.255. The summed E-state index contributed by atoms with van der Waals surface area (Å²) in [6, 6.07) is 1.96. The standard InChI is InChI=1S/C18H26BN3O2/c1-17(2)14-9-15(14)19(24-18(17,3)4)12-6-11(10-20)7-13(8-12)22-16(23)21-5/h6-7,12,14-15H,8-9H2,1-5H3,(H2,21,22,23). The van der Waals surface area contributed by atoms with Gasteiger partial charge in [0.2, 0.25) is 0 Å². The summed E-state index contributed by atoms with van der Waals surface area (Å²) < 4.78 is 6.55. The lowest BCUT2D eigenvalue weighted by Gasteiger charge is -2.49. The molecule has 1 saturated carbocycles. The SMILES string of the molecule is CNC(=O)NC1=CC(C#N)=CC(B2OC(C)(C)C(C)(C)C3CC23)C1. The summed E-state index contributed by atoms with van der Waals surface area (Å²) in [7, 11) is 1.58. The van der Waals surface area contributed by atoms with Gasteiger partial charge in [0.25, 0.3) is 0 Å². The molecular weight excluding hydrogens is 301 g/mol. The molecule has 1 heterocycles. The van der Waals surface area contributed by atoms with Crippen molar-refractivity contribution in [3.8, 4) is 6.07 Å². The van der Waals surface area contributed by atoms with E-state index in [0.29, 0.717) is 23.7 Å². The van der Waals surface area contributed by atoms with Crippen LogP contribution in [-0.4, -0.2) is 25.6 Å². The van der Waals surface area contributed by atoms with E-state index in [1.165, 1.54) is 6.42 Å². The second kappa shape index (κ2) is 5.66. The highest BCUT2D eigenvalue weighted by Crippen LogP contribution is 2.67. The molecule has 2 fully saturated rings. The number of nitriles is 1. The van der Waals surface area contributed by atoms with E-state index in [0.717, 1.165) is 5.70 Å². The number of nitrogens with one attached hydrogen (secondary N) is 2. The van der Waals surface area contributed by atoms with Crippen LogP contribution >= 0.6 is 0 Å². The van der Waals surface area contributed by atoms with Crippen LogP contribution in [-0.2, 0) is 4.65 Å². The topological polar surface area (TPSA) is 74.2 Å². The van der Waals surface area contributed by atoms with E-state index in [4.69, 9.17) is 4.65 Å². The molecule has 0 aromatic heterocycles. The molecule has 128 valence electrons. The zero-order valence-electron chi connectivity index (χ0n) is 15.1. The summed E-state index contributed by atoms with van der Waals surface area (Å²) in [4.78, 5) is 11.6. The summed E-state index contributed by atoms with van der Waals surface area (Å²) in [6.07, 6.45) is 5.66. The Hall–Kier alpha value is -1.74. The largest absolute Gasteiger partial charge is 0.430 e. The maximum atomic E-state index is 11.6. The predicted molar refractivity (Wildman–Crippen MR) is 94.3 cm³/mol. The molecule has 1 saturated heterocycles. The molecule has 0 spiro atoms. The van der Waals surface area contributed by atoms with Crippen LogP contribution in [0.3, 0.4) is 0 Å². The van der Waals surface area contributed by atoms with Crippen LogP contribution in [0.15, 0.2) is 23.4 Å². The number of nitrogens with zero attached hydrogens (tertiary/aromatic N) is 1. The molecular formula is C18H26BN3O2. The summed E-state index contributed by atoms with van der Waals surface area (Å²) in [6.45, 7) is 9.04. The van der Waals surface area contributed by atoms with E-state index in [1.54, 1.807) is 13.1 Å². The zero-order chi connectivity index (χ0) is 17.7. The Balaban J connectivity index is 1.81. The van der Waals surface area contributed by atoms with Crippen molar-refractivity contribution < 1.29 is 9.45 Å². The highest BCUT2D eigenvalue weighted by Gasteiger charge is 2.65. The summed E-state index contributed by atoms with van der Waals surface area (Å²) in [5.41, 5.74) is 1.33. The Labute approximate surface area is 144 Å². The Bertz CT molecular complexity index is 660. The van der Waals surface area contributed by atoms with Gasteiger partial charge in [0.1, 0.15) is 0 Å². The van der Waals surface area contributed by atoms with E-state index in [2.05, 4.69) is 44.4 Å². The van der Waals surface area contributed by atoms with Crippen LogP contribution in [0.25, 0.3) is 0 Å². The summed E-state index contributed by atoms with van der Waals surface area (Å²) in [5.74, 6) is 1.35. The zero-order valence-corrected chi connectivity index (χ0v) is 15.1. The first-order chi connectivity index (χ1) is 11.2. The Morgan fingerprint density at radius 1 is 1.42 bits per heavy atom. The Morgan fingerprint density at radius 3 is 2.75 bits per heavy atom. The third-order valence-electron chi connectivity index (χ3n) is 6.40. The smallest absolute Gasteiger partial charge is 0.318 e. The Morgan fingerprint density at radius 2 is 2.12 bits per heavy atom. The normalized spacial score (nSPS) is 32.7. The fourth-order valence-electron chi connectivity index (χ4n) is 4.25. The van der Waals surface area contributed by atoms with Gasteiger partial charge in [0, 0.05) is 18.3 Å². The molecule has 2 aliphatic carbocycles. The maximum Gasteiger partial charge on any atom is 0.318 e. The second-order valence-electron chi connectivity index (χ2n) is 8.30. The fourth-order valence-corrected chi connectivity index (χ4v) is 4.25. The molecule has 3 aliphatic rings. The molecule has 0 bridgehead atoms. The number of fused-ring (bicyclic) bond motifs is 1. The van der Waals surface area contributed by atoms with Crippen LogP contribution in [0, 0.1) is 22.7 Å². The average molecular weight is 327 g/mol. The van der Waals surface area contributed by atoms with Gasteiger partial charge in [-0.05, 0) is 49.3 Å². The van der Waals surface area contributed by atoms with Crippen LogP contribution in [0.2, 0.25) is 11.6 Å². The van der Waals surface area contributed by atoms with Gasteiger partial charge in [-0.3, -0.25) is 0 Å². The number of urea groups is 1. The van der Waals surface area contributed by atoms with E-state index in [9.17, 15) is 10.1 Å². The highest BCUT2D eigenvalue weighted by molar-refractivity contribution is 6.57. The number of carbonyl (C=O) groups is 1. The molecule has 2 N–H and O–H groups in total. The van der Waals surface area contributed by atoms with Crippen molar-refractivity contribution in [3.05, 3.63) is 23.4 Å². The first-order valence-electron chi connectivity index (χ1n) is 8.68. The van der Waals surface area contributed by atoms with Crippen LogP contribution < -0.4 is 10.6 Å². The molecule has 0 aromatic rings. The highest BCUT2D eigenvalue weighted by atomic mass is 16.5. The Kier molecular flexibility index (Phi) is 4.04. The number of hydrogen-bond acceptors (Lipinski definition) is 3. The number of hydrogen-bond donors (Lipinski definition) is 2. The van der Waals surface area contributed by atoms with Crippen LogP contribution in [0.1, 0.15) is 40.5 Å². The van der Waals surface area contributed by atoms with E-state index in [1.807, 2.05) is 6.08 Å². The van der Waals surface area contributed by atoms with Gasteiger partial charge in [-0.1, -0.05) is 26.3 Å². The monoisotopic (exact) mass is 327 g/mol. The number of amides is 2. The van der Waals surface area contributed by atoms with Crippen molar-refractivity contribution in [1.29, 1.82) is 5.26 Å². The molecule has 1 aliphatic heterocycles. The molecule has 24 heavy (non-hydrogen) atoms. The molecule has 3 unspecified atom stereocenters. The van der Waals surface area contributed by atoms with E-state index in [-0.39, 0.29) is 29.8 Å². The second-order valence-corrected chi connectivity index (χ2v) is 8.30. The molecule has 0 radical (unpaired) electrons. The van der Waals surface area contributed by atoms with Gasteiger partial charge >= 0.3 is 12.9 Å². The van der Waals surface area contributed by atoms with Crippen molar-refractivity contribution in [2.45, 2.75) is 57.8 Å². The van der Waals surface area contributed by atoms with Crippen LogP contribution in [0.5, 0.6) is 0 Å². The minimum absolute atomic E-state index is 0.108. The lowest BCUT2D eigenvalue weighted by atomic mass is 9.45. The van der Waals surface area contributed by atoms with E-state index >= 15 is 0 Å². The van der Waals surface area contributed by atoms with Crippen LogP contribution in [0.4, 0.5) is 4.79 Å². The number of carbonyl (C=O) groups excluding carboxylic acids is 1. The van der Waals surface area contributed by atoms with Crippen molar-refractivity contribution in [3.63, 3.8) is 0 Å². The van der Waals surface area contributed by atoms with Gasteiger partial charge in [-0.25, -0.2) is 4.79 Å². The van der Waals surface area contributed by atoms with Crippen molar-refractivity contribution >= 4 is 12.9 Å². The lowest BCUT2D eigenvalue weighted by Crippen LogP contribution is -2.52. The molecule has 3 rings (SSSR count). The van der Waals surface area contributed by atoms with Gasteiger partial charge in [-0.15, -0.1) is 0 Å². The summed E-state index contributed by atoms with van der Waals surface area (Å²) in [5, 5.41) is 14.7. The quantitative estimate of drug-likeness (QED) is 0.765. The maximum absolute atomic E-state index is 11.6. The predicted octanol–water partition coefficient (Wildman–Crippen LogP) is 3.24. The minimum Gasteiger partial charge on any atom is -0.430 e. The molecule has 3 atom stereocenters. The van der Waals surface area contributed by atoms with Gasteiger partial charge < -0.3 is 15.3 Å². The van der Waals surface area contributed by atoms with Gasteiger partial charge in [0.15, 0.2) is 0 Å². The first-order valence-corrected chi connectivity index (χ1v) is 8.68. The van der Waals surface area contributed by atoms with Crippen molar-refractivity contribution in [2.75, 3.05) is 7.05 Å². The number of rotatable bonds is 2. The van der Waals surface area contributed by atoms with Gasteiger partial charge in [-0.2, -0.15) is 5.26 Å². The molecule has 2 amide bonds. The number of allylic oxidation sites excluding steroid dienone is 4. The average Bonchev–Trinajstić information content (AvgIpc) is 3.32. The molecule has 5 nitrogen and oxygen atoms in total. The molecule has 0 aromatic carbocycles. The fraction of sp³-hybridized carbons (Fsp3) is 0.667.